The van der Waals surface area contributed by atoms with Crippen LogP contribution in [0.5, 0.6) is 0 Å². The summed E-state index contributed by atoms with van der Waals surface area (Å²) in [5, 5.41) is 2.93. The van der Waals surface area contributed by atoms with Gasteiger partial charge >= 0.3 is 6.09 Å². The fraction of sp³-hybridized carbons (Fsp3) is 0.625. The second kappa shape index (κ2) is 7.72. The van der Waals surface area contributed by atoms with Gasteiger partial charge in [-0.2, -0.15) is 0 Å². The largest absolute Gasteiger partial charge is 0.444 e. The molecule has 8 heteroatoms. The number of ether oxygens (including phenoxy) is 2. The van der Waals surface area contributed by atoms with Crippen LogP contribution >= 0.6 is 22.9 Å². The first-order valence-electron chi connectivity index (χ1n) is 7.85. The first-order valence-corrected chi connectivity index (χ1v) is 9.04. The molecule has 0 radical (unpaired) electrons. The summed E-state index contributed by atoms with van der Waals surface area (Å²) in [5.41, 5.74) is -0.562. The van der Waals surface area contributed by atoms with Crippen molar-refractivity contribution in [2.24, 2.45) is 0 Å². The Morgan fingerprint density at radius 2 is 2.08 bits per heavy atom. The van der Waals surface area contributed by atoms with E-state index in [1.807, 2.05) is 27.7 Å². The van der Waals surface area contributed by atoms with Gasteiger partial charge in [0.25, 0.3) is 5.91 Å². The van der Waals surface area contributed by atoms with Crippen LogP contribution in [-0.2, 0) is 9.47 Å². The monoisotopic (exact) mass is 374 g/mol. The van der Waals surface area contributed by atoms with Crippen LogP contribution in [-0.4, -0.2) is 54.3 Å². The second-order valence-electron chi connectivity index (χ2n) is 6.56. The molecule has 0 aromatic carbocycles. The molecule has 1 aliphatic heterocycles. The topological polar surface area (TPSA) is 67.9 Å². The Balaban J connectivity index is 2.02. The molecule has 1 saturated heterocycles. The van der Waals surface area contributed by atoms with Gasteiger partial charge in [-0.05, 0) is 39.8 Å². The van der Waals surface area contributed by atoms with Crippen LogP contribution in [0.4, 0.5) is 4.79 Å². The van der Waals surface area contributed by atoms with Crippen molar-refractivity contribution in [1.29, 1.82) is 0 Å². The third-order valence-corrected chi connectivity index (χ3v) is 4.64. The van der Waals surface area contributed by atoms with E-state index in [1.165, 1.54) is 11.3 Å². The molecule has 2 heterocycles. The molecule has 1 aliphatic rings. The van der Waals surface area contributed by atoms with Gasteiger partial charge in [-0.15, -0.1) is 11.3 Å². The number of thiophene rings is 1. The number of carbonyl (C=O) groups excluding carboxylic acids is 2. The Hall–Kier alpha value is -1.31. The molecular formula is C16H23ClN2O4S. The molecule has 2 unspecified atom stereocenters. The number of hydrogen-bond donors (Lipinski definition) is 1. The van der Waals surface area contributed by atoms with E-state index in [1.54, 1.807) is 17.0 Å². The molecule has 1 N–H and O–H groups in total. The van der Waals surface area contributed by atoms with Gasteiger partial charge in [0.2, 0.25) is 0 Å². The summed E-state index contributed by atoms with van der Waals surface area (Å²) in [5.74, 6) is -0.215. The number of amides is 2. The zero-order chi connectivity index (χ0) is 17.9. The van der Waals surface area contributed by atoms with Crippen LogP contribution in [0.15, 0.2) is 12.1 Å². The van der Waals surface area contributed by atoms with Gasteiger partial charge in [-0.25, -0.2) is 4.79 Å². The van der Waals surface area contributed by atoms with Crippen LogP contribution in [0.3, 0.4) is 0 Å². The van der Waals surface area contributed by atoms with Crippen molar-refractivity contribution in [3.05, 3.63) is 21.3 Å². The summed E-state index contributed by atoms with van der Waals surface area (Å²) in [4.78, 5) is 26.7. The molecule has 0 aliphatic carbocycles. The molecule has 2 amide bonds. The minimum Gasteiger partial charge on any atom is -0.444 e. The lowest BCUT2D eigenvalue weighted by molar-refractivity contribution is 0.0216. The van der Waals surface area contributed by atoms with Crippen molar-refractivity contribution in [3.8, 4) is 0 Å². The van der Waals surface area contributed by atoms with Crippen molar-refractivity contribution >= 4 is 34.9 Å². The molecule has 0 bridgehead atoms. The smallest absolute Gasteiger partial charge is 0.410 e. The number of nitrogens with zero attached hydrogens (tertiary/aromatic N) is 1. The summed E-state index contributed by atoms with van der Waals surface area (Å²) in [6, 6.07) is 3.08. The number of nitrogens with one attached hydrogen (secondary N) is 1. The van der Waals surface area contributed by atoms with Crippen molar-refractivity contribution < 1.29 is 19.1 Å². The van der Waals surface area contributed by atoms with Crippen molar-refractivity contribution in [2.45, 2.75) is 45.4 Å². The van der Waals surface area contributed by atoms with Gasteiger partial charge in [0.05, 0.1) is 27.9 Å². The van der Waals surface area contributed by atoms with E-state index in [-0.39, 0.29) is 18.1 Å². The van der Waals surface area contributed by atoms with Crippen LogP contribution in [0.25, 0.3) is 0 Å². The molecule has 6 nitrogen and oxygen atoms in total. The molecule has 1 fully saturated rings. The predicted octanol–water partition coefficient (Wildman–Crippen LogP) is 3.16. The highest BCUT2D eigenvalue weighted by Gasteiger charge is 2.38. The van der Waals surface area contributed by atoms with E-state index >= 15 is 0 Å². The van der Waals surface area contributed by atoms with Gasteiger partial charge in [0.15, 0.2) is 0 Å². The van der Waals surface area contributed by atoms with Crippen LogP contribution in [0.1, 0.15) is 37.4 Å². The summed E-state index contributed by atoms with van der Waals surface area (Å²) in [6.07, 6.45) is -0.662. The normalized spacial score (nSPS) is 21.0. The van der Waals surface area contributed by atoms with Gasteiger partial charge < -0.3 is 19.7 Å². The average Bonchev–Trinajstić information content (AvgIpc) is 3.05. The highest BCUT2D eigenvalue weighted by Crippen LogP contribution is 2.23. The van der Waals surface area contributed by atoms with Crippen LogP contribution in [0, 0.1) is 0 Å². The lowest BCUT2D eigenvalue weighted by atomic mass is 10.2. The molecule has 134 valence electrons. The van der Waals surface area contributed by atoms with E-state index in [4.69, 9.17) is 21.1 Å². The van der Waals surface area contributed by atoms with Crippen molar-refractivity contribution in [1.82, 2.24) is 10.2 Å². The van der Waals surface area contributed by atoms with Gasteiger partial charge in [-0.1, -0.05) is 11.6 Å². The average molecular weight is 375 g/mol. The maximum absolute atomic E-state index is 12.3. The third kappa shape index (κ3) is 5.09. The van der Waals surface area contributed by atoms with E-state index in [2.05, 4.69) is 5.32 Å². The SMILES string of the molecule is CCOC1CN(C(=O)OC(C)(C)C)CC1NC(=O)c1ccc(Cl)s1. The summed E-state index contributed by atoms with van der Waals surface area (Å²) in [6.45, 7) is 8.59. The lowest BCUT2D eigenvalue weighted by Crippen LogP contribution is -2.44. The number of likely N-dealkylation sites (tertiary alicyclic amines) is 1. The van der Waals surface area contributed by atoms with Crippen molar-refractivity contribution in [2.75, 3.05) is 19.7 Å². The molecule has 0 spiro atoms. The number of rotatable bonds is 4. The highest BCUT2D eigenvalue weighted by molar-refractivity contribution is 7.18. The third-order valence-electron chi connectivity index (χ3n) is 3.41. The Morgan fingerprint density at radius 1 is 1.38 bits per heavy atom. The fourth-order valence-corrected chi connectivity index (χ4v) is 3.39. The van der Waals surface area contributed by atoms with Crippen LogP contribution < -0.4 is 5.32 Å². The summed E-state index contributed by atoms with van der Waals surface area (Å²) < 4.78 is 11.6. The zero-order valence-corrected chi connectivity index (χ0v) is 15.9. The maximum atomic E-state index is 12.3. The van der Waals surface area contributed by atoms with Gasteiger partial charge in [0, 0.05) is 13.2 Å². The fourth-order valence-electron chi connectivity index (χ4n) is 2.45. The Labute approximate surface area is 151 Å². The van der Waals surface area contributed by atoms with Gasteiger partial charge in [0.1, 0.15) is 5.60 Å². The number of carbonyl (C=O) groups is 2. The standard InChI is InChI=1S/C16H23ClN2O4S/c1-5-22-11-9-19(15(21)23-16(2,3)4)8-10(11)18-14(20)12-6-7-13(17)24-12/h6-7,10-11H,5,8-9H2,1-4H3,(H,18,20). The predicted molar refractivity (Wildman–Crippen MR) is 93.8 cm³/mol. The highest BCUT2D eigenvalue weighted by atomic mass is 35.5. The quantitative estimate of drug-likeness (QED) is 0.879. The number of halogens is 1. The molecule has 2 rings (SSSR count). The van der Waals surface area contributed by atoms with E-state index in [0.717, 1.165) is 0 Å². The molecule has 2 atom stereocenters. The van der Waals surface area contributed by atoms with Crippen LogP contribution in [0.2, 0.25) is 4.34 Å². The first-order chi connectivity index (χ1) is 11.2. The minimum atomic E-state index is -0.562. The summed E-state index contributed by atoms with van der Waals surface area (Å²) in [7, 11) is 0. The van der Waals surface area contributed by atoms with E-state index in [9.17, 15) is 9.59 Å². The molecule has 1 aromatic rings. The molecule has 24 heavy (non-hydrogen) atoms. The molecular weight excluding hydrogens is 352 g/mol. The van der Waals surface area contributed by atoms with Gasteiger partial charge in [-0.3, -0.25) is 4.79 Å². The minimum absolute atomic E-state index is 0.215. The van der Waals surface area contributed by atoms with E-state index in [0.29, 0.717) is 28.9 Å². The van der Waals surface area contributed by atoms with E-state index < -0.39 is 11.7 Å². The number of hydrogen-bond acceptors (Lipinski definition) is 5. The molecule has 1 aromatic heterocycles. The Kier molecular flexibility index (Phi) is 6.11. The first kappa shape index (κ1) is 19.0. The lowest BCUT2D eigenvalue weighted by Gasteiger charge is -2.24. The Morgan fingerprint density at radius 3 is 2.62 bits per heavy atom. The second-order valence-corrected chi connectivity index (χ2v) is 8.28. The maximum Gasteiger partial charge on any atom is 0.410 e. The summed E-state index contributed by atoms with van der Waals surface area (Å²) >= 11 is 7.09. The Bertz CT molecular complexity index is 599. The zero-order valence-electron chi connectivity index (χ0n) is 14.3. The van der Waals surface area contributed by atoms with Crippen molar-refractivity contribution in [3.63, 3.8) is 0 Å². The molecule has 0 saturated carbocycles.